The van der Waals surface area contributed by atoms with Gasteiger partial charge in [0.1, 0.15) is 5.75 Å². The molecule has 0 aromatic heterocycles. The number of esters is 1. The number of anilines is 1. The van der Waals surface area contributed by atoms with E-state index in [0.717, 1.165) is 23.4 Å². The van der Waals surface area contributed by atoms with E-state index in [9.17, 15) is 4.79 Å². The van der Waals surface area contributed by atoms with Crippen molar-refractivity contribution in [2.75, 3.05) is 18.6 Å². The fourth-order valence-electron chi connectivity index (χ4n) is 1.61. The highest BCUT2D eigenvalue weighted by Gasteiger charge is 2.12. The van der Waals surface area contributed by atoms with Gasteiger partial charge in [-0.15, -0.1) is 0 Å². The number of hydrogen-bond donors (Lipinski definition) is 1. The van der Waals surface area contributed by atoms with Crippen LogP contribution in [0.15, 0.2) is 23.3 Å². The van der Waals surface area contributed by atoms with E-state index in [0.29, 0.717) is 6.61 Å². The van der Waals surface area contributed by atoms with Crippen molar-refractivity contribution in [2.45, 2.75) is 13.3 Å². The number of nitrogens with one attached hydrogen (secondary N) is 1. The molecule has 1 heterocycles. The van der Waals surface area contributed by atoms with Crippen molar-refractivity contribution >= 4 is 28.4 Å². The van der Waals surface area contributed by atoms with Crippen molar-refractivity contribution in [3.05, 3.63) is 23.8 Å². The van der Waals surface area contributed by atoms with E-state index in [4.69, 9.17) is 21.1 Å². The van der Waals surface area contributed by atoms with Gasteiger partial charge in [-0.3, -0.25) is 5.43 Å². The lowest BCUT2D eigenvalue weighted by molar-refractivity contribution is -0.134. The Morgan fingerprint density at radius 3 is 3.22 bits per heavy atom. The first-order valence-corrected chi connectivity index (χ1v) is 6.00. The topological polar surface area (TPSA) is 59.9 Å². The van der Waals surface area contributed by atoms with E-state index in [1.807, 2.05) is 18.2 Å². The van der Waals surface area contributed by atoms with Gasteiger partial charge in [0.25, 0.3) is 0 Å². The Kier molecular flexibility index (Phi) is 4.04. The molecule has 0 amide bonds. The number of ether oxygens (including phenoxy) is 2. The summed E-state index contributed by atoms with van der Waals surface area (Å²) in [6.07, 6.45) is 0.875. The first kappa shape index (κ1) is 12.7. The predicted molar refractivity (Wildman–Crippen MR) is 69.2 cm³/mol. The van der Waals surface area contributed by atoms with Gasteiger partial charge in [0, 0.05) is 6.42 Å². The Labute approximate surface area is 110 Å². The van der Waals surface area contributed by atoms with Gasteiger partial charge in [0.15, 0.2) is 0 Å². The average Bonchev–Trinajstić information content (AvgIpc) is 2.83. The zero-order valence-electron chi connectivity index (χ0n) is 9.90. The highest BCUT2D eigenvalue weighted by molar-refractivity contribution is 6.82. The summed E-state index contributed by atoms with van der Waals surface area (Å²) in [5.74, 6) is 0.247. The van der Waals surface area contributed by atoms with Crippen molar-refractivity contribution in [3.8, 4) is 5.75 Å². The molecule has 0 fully saturated rings. The molecule has 0 atom stereocenters. The fourth-order valence-corrected chi connectivity index (χ4v) is 1.70. The number of hydrogen-bond acceptors (Lipinski definition) is 5. The highest BCUT2D eigenvalue weighted by atomic mass is 35.5. The Hall–Kier alpha value is -1.75. The van der Waals surface area contributed by atoms with Crippen LogP contribution in [-0.2, 0) is 16.0 Å². The SMILES string of the molecule is CCOC(=O)C(Cl)=NNc1ccc2c(c1)CCO2. The molecule has 0 unspecified atom stereocenters. The molecule has 6 heteroatoms. The molecule has 5 nitrogen and oxygen atoms in total. The number of fused-ring (bicyclic) bond motifs is 1. The van der Waals surface area contributed by atoms with Crippen LogP contribution in [0.1, 0.15) is 12.5 Å². The summed E-state index contributed by atoms with van der Waals surface area (Å²) >= 11 is 5.67. The molecular formula is C12H13ClN2O3. The lowest BCUT2D eigenvalue weighted by Gasteiger charge is -2.04. The van der Waals surface area contributed by atoms with E-state index in [-0.39, 0.29) is 11.8 Å². The van der Waals surface area contributed by atoms with Crippen LogP contribution in [0.3, 0.4) is 0 Å². The summed E-state index contributed by atoms with van der Waals surface area (Å²) in [6, 6.07) is 5.59. The van der Waals surface area contributed by atoms with Crippen molar-refractivity contribution < 1.29 is 14.3 Å². The van der Waals surface area contributed by atoms with E-state index in [1.165, 1.54) is 0 Å². The number of carbonyl (C=O) groups is 1. The minimum atomic E-state index is -0.642. The third-order valence-electron chi connectivity index (χ3n) is 2.42. The standard InChI is InChI=1S/C12H13ClN2O3/c1-2-17-12(16)11(13)15-14-9-3-4-10-8(7-9)5-6-18-10/h3-4,7,14H,2,5-6H2,1H3. The monoisotopic (exact) mass is 268 g/mol. The fraction of sp³-hybridized carbons (Fsp3) is 0.333. The van der Waals surface area contributed by atoms with Crippen LogP contribution in [0.5, 0.6) is 5.75 Å². The number of benzene rings is 1. The van der Waals surface area contributed by atoms with Crippen LogP contribution in [0.25, 0.3) is 0 Å². The zero-order chi connectivity index (χ0) is 13.0. The minimum absolute atomic E-state index is 0.228. The number of rotatable bonds is 4. The Balaban J connectivity index is 2.01. The third kappa shape index (κ3) is 2.92. The first-order valence-electron chi connectivity index (χ1n) is 5.62. The summed E-state index contributed by atoms with van der Waals surface area (Å²) in [6.45, 7) is 2.67. The zero-order valence-corrected chi connectivity index (χ0v) is 10.7. The van der Waals surface area contributed by atoms with Crippen LogP contribution in [0, 0.1) is 0 Å². The number of carbonyl (C=O) groups excluding carboxylic acids is 1. The lowest BCUT2D eigenvalue weighted by Crippen LogP contribution is -2.13. The summed E-state index contributed by atoms with van der Waals surface area (Å²) in [5.41, 5.74) is 4.58. The second-order valence-electron chi connectivity index (χ2n) is 3.66. The van der Waals surface area contributed by atoms with Crippen molar-refractivity contribution in [1.82, 2.24) is 0 Å². The maximum atomic E-state index is 11.2. The van der Waals surface area contributed by atoms with Gasteiger partial charge in [-0.2, -0.15) is 5.10 Å². The van der Waals surface area contributed by atoms with Gasteiger partial charge in [0.05, 0.1) is 18.9 Å². The molecule has 1 aromatic carbocycles. The van der Waals surface area contributed by atoms with E-state index >= 15 is 0 Å². The highest BCUT2D eigenvalue weighted by Crippen LogP contribution is 2.27. The van der Waals surface area contributed by atoms with Crippen molar-refractivity contribution in [2.24, 2.45) is 5.10 Å². The predicted octanol–water partition coefficient (Wildman–Crippen LogP) is 2.15. The molecular weight excluding hydrogens is 256 g/mol. The van der Waals surface area contributed by atoms with Crippen LogP contribution in [0.4, 0.5) is 5.69 Å². The molecule has 18 heavy (non-hydrogen) atoms. The quantitative estimate of drug-likeness (QED) is 0.516. The second kappa shape index (κ2) is 5.73. The van der Waals surface area contributed by atoms with Gasteiger partial charge >= 0.3 is 5.97 Å². The van der Waals surface area contributed by atoms with Gasteiger partial charge in [-0.25, -0.2) is 4.79 Å². The maximum absolute atomic E-state index is 11.2. The van der Waals surface area contributed by atoms with Crippen LogP contribution in [0.2, 0.25) is 0 Å². The molecule has 2 rings (SSSR count). The van der Waals surface area contributed by atoms with Gasteiger partial charge < -0.3 is 9.47 Å². The molecule has 1 aromatic rings. The molecule has 0 aliphatic carbocycles. The maximum Gasteiger partial charge on any atom is 0.370 e. The van der Waals surface area contributed by atoms with Gasteiger partial charge in [-0.1, -0.05) is 11.6 Å². The Bertz CT molecular complexity index is 488. The molecule has 1 aliphatic rings. The molecule has 1 N–H and O–H groups in total. The number of hydrazone groups is 1. The summed E-state index contributed by atoms with van der Waals surface area (Å²) in [5, 5.41) is 3.53. The van der Waals surface area contributed by atoms with E-state index in [2.05, 4.69) is 10.5 Å². The molecule has 0 spiro atoms. The molecule has 0 saturated carbocycles. The number of nitrogens with zero attached hydrogens (tertiary/aromatic N) is 1. The van der Waals surface area contributed by atoms with Crippen LogP contribution in [-0.4, -0.2) is 24.4 Å². The minimum Gasteiger partial charge on any atom is -0.493 e. The normalized spacial score (nSPS) is 13.8. The van der Waals surface area contributed by atoms with Crippen molar-refractivity contribution in [3.63, 3.8) is 0 Å². The van der Waals surface area contributed by atoms with Crippen LogP contribution < -0.4 is 10.2 Å². The van der Waals surface area contributed by atoms with Crippen molar-refractivity contribution in [1.29, 1.82) is 0 Å². The van der Waals surface area contributed by atoms with Crippen LogP contribution >= 0.6 is 11.6 Å². The van der Waals surface area contributed by atoms with Gasteiger partial charge in [0.2, 0.25) is 5.17 Å². The van der Waals surface area contributed by atoms with E-state index in [1.54, 1.807) is 6.92 Å². The number of halogens is 1. The Morgan fingerprint density at radius 2 is 2.44 bits per heavy atom. The van der Waals surface area contributed by atoms with Gasteiger partial charge in [-0.05, 0) is 30.7 Å². The largest absolute Gasteiger partial charge is 0.493 e. The molecule has 1 aliphatic heterocycles. The molecule has 0 bridgehead atoms. The summed E-state index contributed by atoms with van der Waals surface area (Å²) in [7, 11) is 0. The smallest absolute Gasteiger partial charge is 0.370 e. The summed E-state index contributed by atoms with van der Waals surface area (Å²) < 4.78 is 10.1. The second-order valence-corrected chi connectivity index (χ2v) is 4.01. The van der Waals surface area contributed by atoms with E-state index < -0.39 is 5.97 Å². The molecule has 0 radical (unpaired) electrons. The summed E-state index contributed by atoms with van der Waals surface area (Å²) in [4.78, 5) is 11.2. The average molecular weight is 269 g/mol. The molecule has 0 saturated heterocycles. The molecule has 96 valence electrons. The Morgan fingerprint density at radius 1 is 1.61 bits per heavy atom. The third-order valence-corrected chi connectivity index (χ3v) is 2.66. The lowest BCUT2D eigenvalue weighted by atomic mass is 10.1. The first-order chi connectivity index (χ1) is 8.70.